The van der Waals surface area contributed by atoms with Gasteiger partial charge < -0.3 is 4.74 Å². The predicted molar refractivity (Wildman–Crippen MR) is 81.0 cm³/mol. The molecule has 5 heteroatoms. The van der Waals surface area contributed by atoms with Crippen LogP contribution in [0, 0.1) is 5.92 Å². The van der Waals surface area contributed by atoms with Crippen molar-refractivity contribution < 1.29 is 13.9 Å². The van der Waals surface area contributed by atoms with E-state index < -0.39 is 0 Å². The quantitative estimate of drug-likeness (QED) is 0.388. The summed E-state index contributed by atoms with van der Waals surface area (Å²) in [5.41, 5.74) is 0. The lowest BCUT2D eigenvalue weighted by atomic mass is 10.3. The van der Waals surface area contributed by atoms with Crippen LogP contribution in [-0.4, -0.2) is 21.8 Å². The lowest BCUT2D eigenvalue weighted by Crippen LogP contribution is -2.33. The second kappa shape index (κ2) is 6.24. The van der Waals surface area contributed by atoms with Crippen molar-refractivity contribution in [3.8, 4) is 0 Å². The highest BCUT2D eigenvalue weighted by molar-refractivity contribution is 4.72. The molecular weight excluding hydrogens is 276 g/mol. The van der Waals surface area contributed by atoms with Gasteiger partial charge in [0.1, 0.15) is 37.4 Å². The summed E-state index contributed by atoms with van der Waals surface area (Å²) in [7, 11) is 0. The fraction of sp³-hybridized carbons (Fsp3) is 0.647. The summed E-state index contributed by atoms with van der Waals surface area (Å²) >= 11 is 0. The van der Waals surface area contributed by atoms with Gasteiger partial charge in [-0.15, -0.1) is 0 Å². The van der Waals surface area contributed by atoms with Gasteiger partial charge in [-0.1, -0.05) is 0 Å². The maximum Gasteiger partial charge on any atom is 0.243 e. The van der Waals surface area contributed by atoms with Gasteiger partial charge in [-0.05, 0) is 31.6 Å². The molecule has 2 fully saturated rings. The van der Waals surface area contributed by atoms with Gasteiger partial charge in [0.25, 0.3) is 0 Å². The Morgan fingerprint density at radius 2 is 1.50 bits per heavy atom. The summed E-state index contributed by atoms with van der Waals surface area (Å²) in [6.07, 6.45) is 18.9. The second-order valence-electron chi connectivity index (χ2n) is 6.80. The molecule has 1 unspecified atom stereocenters. The normalized spacial score (nSPS) is 20.5. The molecule has 118 valence electrons. The molecule has 0 N–H and O–H groups in total. The maximum atomic E-state index is 5.26. The minimum atomic E-state index is 0.455. The Hall–Kier alpha value is -1.62. The molecule has 0 radical (unpaired) electrons. The van der Waals surface area contributed by atoms with Crippen LogP contribution in [0.2, 0.25) is 0 Å². The first-order valence-corrected chi connectivity index (χ1v) is 8.56. The highest BCUT2D eigenvalue weighted by Gasteiger charge is 2.25. The number of hydrogen-bond acceptors (Lipinski definition) is 1. The topological polar surface area (TPSA) is 30.1 Å². The molecule has 1 aliphatic carbocycles. The third-order valence-electron chi connectivity index (χ3n) is 4.56. The van der Waals surface area contributed by atoms with Crippen LogP contribution < -0.4 is 9.13 Å². The first-order valence-electron chi connectivity index (χ1n) is 8.56. The second-order valence-corrected chi connectivity index (χ2v) is 6.80. The molecule has 1 aliphatic heterocycles. The number of imidazole rings is 2. The summed E-state index contributed by atoms with van der Waals surface area (Å²) in [6.45, 7) is 5.35. The number of aryl methyl sites for hydroxylation is 2. The monoisotopic (exact) mass is 302 g/mol. The lowest BCUT2D eigenvalue weighted by Gasteiger charge is -1.97. The van der Waals surface area contributed by atoms with Crippen LogP contribution in [0.4, 0.5) is 0 Å². The van der Waals surface area contributed by atoms with Crippen molar-refractivity contribution in [1.29, 1.82) is 0 Å². The average molecular weight is 302 g/mol. The van der Waals surface area contributed by atoms with E-state index in [1.54, 1.807) is 0 Å². The van der Waals surface area contributed by atoms with Crippen molar-refractivity contribution in [2.24, 2.45) is 5.92 Å². The largest absolute Gasteiger partial charge is 0.369 e. The van der Waals surface area contributed by atoms with Crippen molar-refractivity contribution >= 4 is 0 Å². The van der Waals surface area contributed by atoms with Gasteiger partial charge in [0.05, 0.1) is 26.2 Å². The highest BCUT2D eigenvalue weighted by atomic mass is 16.6. The summed E-state index contributed by atoms with van der Waals surface area (Å²) in [6, 6.07) is 0. The summed E-state index contributed by atoms with van der Waals surface area (Å²) < 4.78 is 14.4. The molecule has 2 aromatic rings. The van der Waals surface area contributed by atoms with E-state index in [1.807, 2.05) is 0 Å². The standard InChI is InChI=1S/C17H26N4O/c1(5-18-7-9-20(14-18)11-16-3-4-16)2-6-19-8-10-21(15-19)12-17-13-22-17/h7-10,14-17H,1-6,11-13H2/q+2. The zero-order valence-electron chi connectivity index (χ0n) is 13.2. The molecule has 4 rings (SSSR count). The Kier molecular flexibility index (Phi) is 3.97. The van der Waals surface area contributed by atoms with E-state index in [1.165, 1.54) is 32.2 Å². The zero-order chi connectivity index (χ0) is 14.8. The minimum Gasteiger partial charge on any atom is -0.369 e. The summed E-state index contributed by atoms with van der Waals surface area (Å²) in [5, 5.41) is 0. The SMILES string of the molecule is c1c[n+](CC2CC2)cn1CCCCn1cc[n+](CC2CO2)c1. The van der Waals surface area contributed by atoms with Crippen LogP contribution in [0.1, 0.15) is 25.7 Å². The Morgan fingerprint density at radius 3 is 2.05 bits per heavy atom. The number of rotatable bonds is 9. The van der Waals surface area contributed by atoms with Gasteiger partial charge in [0.2, 0.25) is 12.7 Å². The minimum absolute atomic E-state index is 0.455. The number of ether oxygens (including phenoxy) is 1. The Labute approximate surface area is 131 Å². The number of nitrogens with zero attached hydrogens (tertiary/aromatic N) is 4. The molecule has 2 aromatic heterocycles. The highest BCUT2D eigenvalue weighted by Crippen LogP contribution is 2.28. The molecule has 2 aliphatic rings. The van der Waals surface area contributed by atoms with Gasteiger partial charge in [-0.3, -0.25) is 0 Å². The summed E-state index contributed by atoms with van der Waals surface area (Å²) in [4.78, 5) is 0. The van der Waals surface area contributed by atoms with E-state index in [0.29, 0.717) is 6.10 Å². The van der Waals surface area contributed by atoms with Crippen molar-refractivity contribution in [3.63, 3.8) is 0 Å². The predicted octanol–water partition coefficient (Wildman–Crippen LogP) is 1.15. The van der Waals surface area contributed by atoms with Crippen LogP contribution in [0.3, 0.4) is 0 Å². The van der Waals surface area contributed by atoms with Crippen molar-refractivity contribution in [2.45, 2.75) is 58.0 Å². The molecule has 1 saturated heterocycles. The number of epoxide rings is 1. The molecule has 1 atom stereocenters. The summed E-state index contributed by atoms with van der Waals surface area (Å²) in [5.74, 6) is 0.947. The van der Waals surface area contributed by atoms with Crippen molar-refractivity contribution in [2.75, 3.05) is 6.61 Å². The first-order chi connectivity index (χ1) is 10.8. The van der Waals surface area contributed by atoms with Crippen LogP contribution in [-0.2, 0) is 30.9 Å². The third kappa shape index (κ3) is 3.97. The lowest BCUT2D eigenvalue weighted by molar-refractivity contribution is -0.699. The van der Waals surface area contributed by atoms with E-state index in [-0.39, 0.29) is 0 Å². The molecular formula is C17H26N4O+2. The van der Waals surface area contributed by atoms with Gasteiger partial charge in [0.15, 0.2) is 0 Å². The van der Waals surface area contributed by atoms with Crippen LogP contribution in [0.25, 0.3) is 0 Å². The molecule has 1 saturated carbocycles. The molecule has 0 amide bonds. The molecule has 0 aromatic carbocycles. The number of hydrogen-bond donors (Lipinski definition) is 0. The number of aromatic nitrogens is 4. The van der Waals surface area contributed by atoms with E-state index in [2.05, 4.69) is 55.7 Å². The Morgan fingerprint density at radius 1 is 0.909 bits per heavy atom. The molecule has 5 nitrogen and oxygen atoms in total. The van der Waals surface area contributed by atoms with Gasteiger partial charge >= 0.3 is 0 Å². The maximum absolute atomic E-state index is 5.26. The zero-order valence-corrected chi connectivity index (χ0v) is 13.2. The van der Waals surface area contributed by atoms with E-state index >= 15 is 0 Å². The fourth-order valence-electron chi connectivity index (χ4n) is 2.95. The molecule has 0 spiro atoms. The van der Waals surface area contributed by atoms with E-state index in [9.17, 15) is 0 Å². The van der Waals surface area contributed by atoms with Gasteiger partial charge in [-0.2, -0.15) is 0 Å². The van der Waals surface area contributed by atoms with Crippen LogP contribution in [0.5, 0.6) is 0 Å². The molecule has 22 heavy (non-hydrogen) atoms. The number of unbranched alkanes of at least 4 members (excludes halogenated alkanes) is 1. The average Bonchev–Trinajstić information content (AvgIpc) is 3.40. The fourth-order valence-corrected chi connectivity index (χ4v) is 2.95. The van der Waals surface area contributed by atoms with Crippen molar-refractivity contribution in [3.05, 3.63) is 37.4 Å². The van der Waals surface area contributed by atoms with Crippen LogP contribution in [0.15, 0.2) is 37.4 Å². The van der Waals surface area contributed by atoms with E-state index in [4.69, 9.17) is 4.74 Å². The van der Waals surface area contributed by atoms with E-state index in [0.717, 1.165) is 32.2 Å². The van der Waals surface area contributed by atoms with Crippen LogP contribution >= 0.6 is 0 Å². The van der Waals surface area contributed by atoms with Gasteiger partial charge in [-0.25, -0.2) is 18.3 Å². The third-order valence-corrected chi connectivity index (χ3v) is 4.56. The van der Waals surface area contributed by atoms with Crippen molar-refractivity contribution in [1.82, 2.24) is 9.13 Å². The smallest absolute Gasteiger partial charge is 0.243 e. The first kappa shape index (κ1) is 14.0. The molecule has 3 heterocycles. The molecule has 0 bridgehead atoms. The Balaban J connectivity index is 1.16. The van der Waals surface area contributed by atoms with Gasteiger partial charge in [0, 0.05) is 0 Å². The Bertz CT molecular complexity index is 555.